The fourth-order valence-corrected chi connectivity index (χ4v) is 5.08. The SMILES string of the molecule is C[Si]1(C)CCN(CCCc2ccc3c(c2)OCO3)CC1. The molecular weight excluding hydrogens is 266 g/mol. The fraction of sp³-hybridized carbons (Fsp3) is 0.625. The second kappa shape index (κ2) is 5.78. The van der Waals surface area contributed by atoms with Gasteiger partial charge in [-0.25, -0.2) is 0 Å². The minimum Gasteiger partial charge on any atom is -0.454 e. The molecule has 0 saturated carbocycles. The van der Waals surface area contributed by atoms with Crippen molar-refractivity contribution in [3.8, 4) is 11.5 Å². The lowest BCUT2D eigenvalue weighted by molar-refractivity contribution is 0.174. The van der Waals surface area contributed by atoms with E-state index < -0.39 is 8.07 Å². The molecule has 20 heavy (non-hydrogen) atoms. The van der Waals surface area contributed by atoms with Gasteiger partial charge in [0.1, 0.15) is 0 Å². The van der Waals surface area contributed by atoms with Gasteiger partial charge in [0.25, 0.3) is 0 Å². The predicted octanol–water partition coefficient (Wildman–Crippen LogP) is 3.37. The summed E-state index contributed by atoms with van der Waals surface area (Å²) in [6.45, 7) is 9.29. The zero-order valence-corrected chi connectivity index (χ0v) is 13.7. The van der Waals surface area contributed by atoms with Crippen molar-refractivity contribution >= 4 is 8.07 Å². The Labute approximate surface area is 122 Å². The van der Waals surface area contributed by atoms with Gasteiger partial charge < -0.3 is 14.4 Å². The molecule has 1 saturated heterocycles. The maximum Gasteiger partial charge on any atom is 0.231 e. The van der Waals surface area contributed by atoms with E-state index in [1.807, 2.05) is 6.07 Å². The standard InChI is InChI=1S/C16H25NO2Si/c1-20(2)10-8-17(9-11-20)7-3-4-14-5-6-15-16(12-14)19-13-18-15/h5-6,12H,3-4,7-11,13H2,1-2H3. The molecular formula is C16H25NO2Si. The molecule has 110 valence electrons. The molecule has 3 nitrogen and oxygen atoms in total. The molecule has 0 unspecified atom stereocenters. The highest BCUT2D eigenvalue weighted by Gasteiger charge is 2.26. The first-order valence-corrected chi connectivity index (χ1v) is 11.1. The number of benzene rings is 1. The van der Waals surface area contributed by atoms with Gasteiger partial charge in [-0.2, -0.15) is 0 Å². The molecule has 1 fully saturated rings. The first kappa shape index (κ1) is 14.0. The first-order valence-electron chi connectivity index (χ1n) is 7.73. The Morgan fingerprint density at radius 1 is 1.10 bits per heavy atom. The van der Waals surface area contributed by atoms with Crippen LogP contribution in [0.5, 0.6) is 11.5 Å². The van der Waals surface area contributed by atoms with Crippen molar-refractivity contribution in [1.82, 2.24) is 4.90 Å². The van der Waals surface area contributed by atoms with Gasteiger partial charge in [0.2, 0.25) is 6.79 Å². The van der Waals surface area contributed by atoms with Gasteiger partial charge in [-0.15, -0.1) is 0 Å². The van der Waals surface area contributed by atoms with Gasteiger partial charge in [0.05, 0.1) is 0 Å². The summed E-state index contributed by atoms with van der Waals surface area (Å²) < 4.78 is 10.8. The van der Waals surface area contributed by atoms with Crippen molar-refractivity contribution in [2.75, 3.05) is 26.4 Å². The van der Waals surface area contributed by atoms with E-state index in [0.717, 1.165) is 17.9 Å². The summed E-state index contributed by atoms with van der Waals surface area (Å²) in [6, 6.07) is 9.27. The number of hydrogen-bond acceptors (Lipinski definition) is 3. The molecule has 3 rings (SSSR count). The second-order valence-electron chi connectivity index (χ2n) is 6.80. The summed E-state index contributed by atoms with van der Waals surface area (Å²) in [4.78, 5) is 2.64. The molecule has 1 aromatic rings. The number of aryl methyl sites for hydroxylation is 1. The van der Waals surface area contributed by atoms with Crippen LogP contribution in [0.2, 0.25) is 25.2 Å². The Hall–Kier alpha value is -1.00. The van der Waals surface area contributed by atoms with E-state index in [2.05, 4.69) is 30.1 Å². The molecule has 4 heteroatoms. The van der Waals surface area contributed by atoms with Crippen LogP contribution >= 0.6 is 0 Å². The Bertz CT molecular complexity index is 466. The Kier molecular flexibility index (Phi) is 4.03. The third kappa shape index (κ3) is 3.36. The van der Waals surface area contributed by atoms with Crippen molar-refractivity contribution in [3.05, 3.63) is 23.8 Å². The number of nitrogens with zero attached hydrogens (tertiary/aromatic N) is 1. The lowest BCUT2D eigenvalue weighted by atomic mass is 10.1. The van der Waals surface area contributed by atoms with Crippen LogP contribution in [0.4, 0.5) is 0 Å². The zero-order chi connectivity index (χ0) is 14.0. The lowest BCUT2D eigenvalue weighted by Crippen LogP contribution is -2.43. The molecule has 0 aromatic heterocycles. The van der Waals surface area contributed by atoms with Gasteiger partial charge in [-0.1, -0.05) is 19.2 Å². The summed E-state index contributed by atoms with van der Waals surface area (Å²) >= 11 is 0. The van der Waals surface area contributed by atoms with Crippen LogP contribution in [-0.2, 0) is 6.42 Å². The Morgan fingerprint density at radius 2 is 1.85 bits per heavy atom. The van der Waals surface area contributed by atoms with Crippen molar-refractivity contribution in [2.45, 2.75) is 38.0 Å². The number of ether oxygens (including phenoxy) is 2. The third-order valence-electron chi connectivity index (χ3n) is 4.59. The minimum absolute atomic E-state index is 0.367. The van der Waals surface area contributed by atoms with Gasteiger partial charge in [-0.05, 0) is 62.3 Å². The van der Waals surface area contributed by atoms with Crippen molar-refractivity contribution in [3.63, 3.8) is 0 Å². The van der Waals surface area contributed by atoms with Crippen LogP contribution in [0.1, 0.15) is 12.0 Å². The van der Waals surface area contributed by atoms with Gasteiger partial charge in [-0.3, -0.25) is 0 Å². The van der Waals surface area contributed by atoms with Crippen LogP contribution in [0, 0.1) is 0 Å². The summed E-state index contributed by atoms with van der Waals surface area (Å²) in [5.74, 6) is 1.80. The Balaban J connectivity index is 1.44. The lowest BCUT2D eigenvalue weighted by Gasteiger charge is -2.35. The maximum absolute atomic E-state index is 5.43. The van der Waals surface area contributed by atoms with E-state index >= 15 is 0 Å². The highest BCUT2D eigenvalue weighted by molar-refractivity contribution is 6.77. The van der Waals surface area contributed by atoms with E-state index in [4.69, 9.17) is 9.47 Å². The monoisotopic (exact) mass is 291 g/mol. The van der Waals surface area contributed by atoms with Crippen molar-refractivity contribution in [1.29, 1.82) is 0 Å². The van der Waals surface area contributed by atoms with Gasteiger partial charge in [0.15, 0.2) is 11.5 Å². The summed E-state index contributed by atoms with van der Waals surface area (Å²) in [5, 5.41) is 0. The van der Waals surface area contributed by atoms with Gasteiger partial charge >= 0.3 is 0 Å². The molecule has 0 bridgehead atoms. The van der Waals surface area contributed by atoms with Crippen LogP contribution in [0.15, 0.2) is 18.2 Å². The first-order chi connectivity index (χ1) is 9.62. The van der Waals surface area contributed by atoms with Crippen LogP contribution in [-0.4, -0.2) is 39.4 Å². The largest absolute Gasteiger partial charge is 0.454 e. The average molecular weight is 291 g/mol. The van der Waals surface area contributed by atoms with E-state index in [9.17, 15) is 0 Å². The minimum atomic E-state index is -0.819. The third-order valence-corrected chi connectivity index (χ3v) is 7.74. The molecule has 0 atom stereocenters. The normalized spacial score (nSPS) is 21.1. The highest BCUT2D eigenvalue weighted by Crippen LogP contribution is 2.32. The topological polar surface area (TPSA) is 21.7 Å². The van der Waals surface area contributed by atoms with E-state index in [1.54, 1.807) is 0 Å². The summed E-state index contributed by atoms with van der Waals surface area (Å²) in [7, 11) is -0.819. The van der Waals surface area contributed by atoms with Crippen LogP contribution in [0.3, 0.4) is 0 Å². The quantitative estimate of drug-likeness (QED) is 0.794. The van der Waals surface area contributed by atoms with E-state index in [-0.39, 0.29) is 0 Å². The van der Waals surface area contributed by atoms with E-state index in [1.165, 1.54) is 43.7 Å². The maximum atomic E-state index is 5.43. The molecule has 2 aliphatic rings. The van der Waals surface area contributed by atoms with Crippen LogP contribution < -0.4 is 9.47 Å². The second-order valence-corrected chi connectivity index (χ2v) is 12.1. The zero-order valence-electron chi connectivity index (χ0n) is 12.7. The molecule has 2 aliphatic heterocycles. The predicted molar refractivity (Wildman–Crippen MR) is 84.4 cm³/mol. The summed E-state index contributed by atoms with van der Waals surface area (Å²) in [5.41, 5.74) is 1.36. The molecule has 0 N–H and O–H groups in total. The number of hydrogen-bond donors (Lipinski definition) is 0. The molecule has 0 spiro atoms. The van der Waals surface area contributed by atoms with Crippen LogP contribution in [0.25, 0.3) is 0 Å². The van der Waals surface area contributed by atoms with Crippen molar-refractivity contribution < 1.29 is 9.47 Å². The van der Waals surface area contributed by atoms with Gasteiger partial charge in [0, 0.05) is 8.07 Å². The Morgan fingerprint density at radius 3 is 2.65 bits per heavy atom. The number of fused-ring (bicyclic) bond motifs is 1. The molecule has 0 radical (unpaired) electrons. The fourth-order valence-electron chi connectivity index (χ4n) is 2.99. The van der Waals surface area contributed by atoms with E-state index in [0.29, 0.717) is 6.79 Å². The molecule has 0 amide bonds. The summed E-state index contributed by atoms with van der Waals surface area (Å²) in [6.07, 6.45) is 2.37. The number of rotatable bonds is 4. The highest BCUT2D eigenvalue weighted by atomic mass is 28.3. The average Bonchev–Trinajstić information content (AvgIpc) is 2.88. The molecule has 0 aliphatic carbocycles. The van der Waals surface area contributed by atoms with Crippen molar-refractivity contribution in [2.24, 2.45) is 0 Å². The molecule has 2 heterocycles. The smallest absolute Gasteiger partial charge is 0.231 e. The molecule has 1 aromatic carbocycles.